The normalized spacial score (nSPS) is 10.3. The van der Waals surface area contributed by atoms with Crippen molar-refractivity contribution in [2.75, 3.05) is 5.32 Å². The third kappa shape index (κ3) is 3.00. The predicted molar refractivity (Wildman–Crippen MR) is 74.2 cm³/mol. The first-order valence-corrected chi connectivity index (χ1v) is 5.97. The molecule has 98 valence electrons. The van der Waals surface area contributed by atoms with Gasteiger partial charge in [0.1, 0.15) is 0 Å². The molecular weight excluding hydrogens is 266 g/mol. The van der Waals surface area contributed by atoms with Crippen molar-refractivity contribution in [3.8, 4) is 11.1 Å². The zero-order valence-electron chi connectivity index (χ0n) is 10.5. The lowest BCUT2D eigenvalue weighted by Crippen LogP contribution is -2.18. The minimum atomic E-state index is -0.231. The monoisotopic (exact) mass is 277 g/mol. The molecule has 0 unspecified atom stereocenters. The van der Waals surface area contributed by atoms with E-state index in [0.717, 1.165) is 5.56 Å². The van der Waals surface area contributed by atoms with Gasteiger partial charge in [-0.05, 0) is 17.7 Å². The first-order valence-electron chi connectivity index (χ1n) is 5.59. The molecule has 1 amide bonds. The van der Waals surface area contributed by atoms with E-state index in [1.165, 1.54) is 24.7 Å². The highest BCUT2D eigenvalue weighted by Gasteiger charge is 2.07. The van der Waals surface area contributed by atoms with Gasteiger partial charge >= 0.3 is 0 Å². The molecule has 0 radical (unpaired) electrons. The summed E-state index contributed by atoms with van der Waals surface area (Å²) in [5.74, 6) is -0.138. The van der Waals surface area contributed by atoms with Crippen molar-refractivity contribution in [3.05, 3.63) is 45.8 Å². The molecule has 6 heteroatoms. The Morgan fingerprint density at radius 2 is 1.95 bits per heavy atom. The fourth-order valence-corrected chi connectivity index (χ4v) is 1.93. The van der Waals surface area contributed by atoms with E-state index in [4.69, 9.17) is 11.6 Å². The van der Waals surface area contributed by atoms with Gasteiger partial charge in [-0.1, -0.05) is 23.7 Å². The van der Waals surface area contributed by atoms with E-state index >= 15 is 0 Å². The van der Waals surface area contributed by atoms with E-state index < -0.39 is 0 Å². The van der Waals surface area contributed by atoms with E-state index in [1.54, 1.807) is 24.3 Å². The summed E-state index contributed by atoms with van der Waals surface area (Å²) >= 11 is 6.02. The summed E-state index contributed by atoms with van der Waals surface area (Å²) in [5, 5.41) is 6.84. The first kappa shape index (κ1) is 13.3. The predicted octanol–water partition coefficient (Wildman–Crippen LogP) is 2.06. The molecule has 0 aliphatic heterocycles. The number of benzene rings is 1. The summed E-state index contributed by atoms with van der Waals surface area (Å²) < 4.78 is 1.18. The molecule has 2 rings (SSSR count). The molecule has 5 nitrogen and oxygen atoms in total. The zero-order valence-corrected chi connectivity index (χ0v) is 11.2. The molecule has 19 heavy (non-hydrogen) atoms. The van der Waals surface area contributed by atoms with Crippen LogP contribution in [-0.4, -0.2) is 15.7 Å². The minimum Gasteiger partial charge on any atom is -0.326 e. The summed E-state index contributed by atoms with van der Waals surface area (Å²) in [6, 6.07) is 8.46. The number of aryl methyl sites for hydroxylation is 1. The van der Waals surface area contributed by atoms with E-state index in [0.29, 0.717) is 11.3 Å². The molecule has 0 aliphatic carbocycles. The molecule has 0 saturated carbocycles. The number of hydrogen-bond donors (Lipinski definition) is 1. The summed E-state index contributed by atoms with van der Waals surface area (Å²) in [5.41, 5.74) is 1.79. The van der Waals surface area contributed by atoms with Crippen LogP contribution in [0.3, 0.4) is 0 Å². The highest BCUT2D eigenvalue weighted by Crippen LogP contribution is 2.25. The number of carbonyl (C=O) groups is 1. The van der Waals surface area contributed by atoms with Crippen LogP contribution in [0, 0.1) is 0 Å². The molecule has 0 saturated heterocycles. The van der Waals surface area contributed by atoms with Gasteiger partial charge in [0, 0.05) is 31.3 Å². The maximum atomic E-state index is 11.6. The Balaban J connectivity index is 2.40. The number of rotatable bonds is 2. The van der Waals surface area contributed by atoms with Crippen LogP contribution in [0.4, 0.5) is 5.69 Å². The van der Waals surface area contributed by atoms with Gasteiger partial charge in [-0.2, -0.15) is 5.10 Å². The zero-order chi connectivity index (χ0) is 14.0. The molecule has 2 aromatic rings. The topological polar surface area (TPSA) is 64.0 Å². The molecular formula is C13H12ClN3O2. The van der Waals surface area contributed by atoms with Gasteiger partial charge in [0.15, 0.2) is 5.15 Å². The van der Waals surface area contributed by atoms with Crippen molar-refractivity contribution in [1.82, 2.24) is 9.78 Å². The number of hydrogen-bond acceptors (Lipinski definition) is 3. The number of nitrogens with zero attached hydrogens (tertiary/aromatic N) is 2. The second kappa shape index (κ2) is 5.24. The molecule has 1 N–H and O–H groups in total. The average Bonchev–Trinajstić information content (AvgIpc) is 2.34. The molecule has 1 aromatic carbocycles. The number of nitrogens with one attached hydrogen (secondary N) is 1. The van der Waals surface area contributed by atoms with Crippen molar-refractivity contribution in [1.29, 1.82) is 0 Å². The fourth-order valence-electron chi connectivity index (χ4n) is 1.65. The Morgan fingerprint density at radius 1 is 1.32 bits per heavy atom. The highest BCUT2D eigenvalue weighted by atomic mass is 35.5. The summed E-state index contributed by atoms with van der Waals surface area (Å²) in [4.78, 5) is 22.5. The molecule has 1 aromatic heterocycles. The number of halogens is 1. The minimum absolute atomic E-state index is 0.138. The largest absolute Gasteiger partial charge is 0.326 e. The molecule has 0 atom stereocenters. The first-order chi connectivity index (χ1) is 8.97. The second-order valence-electron chi connectivity index (χ2n) is 4.07. The van der Waals surface area contributed by atoms with E-state index in [2.05, 4.69) is 10.4 Å². The van der Waals surface area contributed by atoms with E-state index in [1.807, 2.05) is 0 Å². The molecule has 0 bridgehead atoms. The van der Waals surface area contributed by atoms with Crippen molar-refractivity contribution < 1.29 is 4.79 Å². The van der Waals surface area contributed by atoms with E-state index in [-0.39, 0.29) is 16.6 Å². The Morgan fingerprint density at radius 3 is 2.53 bits per heavy atom. The van der Waals surface area contributed by atoms with Crippen LogP contribution >= 0.6 is 11.6 Å². The Labute approximate surface area is 114 Å². The van der Waals surface area contributed by atoms with Crippen LogP contribution in [0.25, 0.3) is 11.1 Å². The Kier molecular flexibility index (Phi) is 3.66. The summed E-state index contributed by atoms with van der Waals surface area (Å²) in [6.07, 6.45) is 0. The lowest BCUT2D eigenvalue weighted by molar-refractivity contribution is -0.114. The Bertz CT molecular complexity index is 677. The van der Waals surface area contributed by atoms with Gasteiger partial charge < -0.3 is 5.32 Å². The summed E-state index contributed by atoms with van der Waals surface area (Å²) in [7, 11) is 1.54. The number of carbonyl (C=O) groups excluding carboxylic acids is 1. The smallest absolute Gasteiger partial charge is 0.267 e. The fraction of sp³-hybridized carbons (Fsp3) is 0.154. The SMILES string of the molecule is CC(=O)Nc1ccc(-c2cc(=O)n(C)nc2Cl)cc1. The van der Waals surface area contributed by atoms with Crippen LogP contribution in [0.5, 0.6) is 0 Å². The maximum Gasteiger partial charge on any atom is 0.267 e. The average molecular weight is 278 g/mol. The molecule has 1 heterocycles. The van der Waals surface area contributed by atoms with Gasteiger partial charge in [0.05, 0.1) is 0 Å². The van der Waals surface area contributed by atoms with Crippen molar-refractivity contribution in [3.63, 3.8) is 0 Å². The van der Waals surface area contributed by atoms with Crippen LogP contribution < -0.4 is 10.9 Å². The molecule has 0 aliphatic rings. The maximum absolute atomic E-state index is 11.6. The molecule has 0 spiro atoms. The van der Waals surface area contributed by atoms with Crippen LogP contribution in [0.1, 0.15) is 6.92 Å². The van der Waals surface area contributed by atoms with Gasteiger partial charge in [-0.25, -0.2) is 4.68 Å². The van der Waals surface area contributed by atoms with Crippen LogP contribution in [0.2, 0.25) is 5.15 Å². The lowest BCUT2D eigenvalue weighted by atomic mass is 10.1. The number of amides is 1. The van der Waals surface area contributed by atoms with E-state index in [9.17, 15) is 9.59 Å². The van der Waals surface area contributed by atoms with Crippen LogP contribution in [0.15, 0.2) is 35.1 Å². The Hall–Kier alpha value is -2.14. The number of anilines is 1. The standard InChI is InChI=1S/C13H12ClN3O2/c1-8(18)15-10-5-3-9(4-6-10)11-7-12(19)17(2)16-13(11)14/h3-7H,1-2H3,(H,15,18). The van der Waals surface area contributed by atoms with Crippen molar-refractivity contribution in [2.24, 2.45) is 7.05 Å². The van der Waals surface area contributed by atoms with Gasteiger partial charge in [0.25, 0.3) is 5.56 Å². The van der Waals surface area contributed by atoms with Crippen LogP contribution in [-0.2, 0) is 11.8 Å². The van der Waals surface area contributed by atoms with Crippen molar-refractivity contribution in [2.45, 2.75) is 6.92 Å². The highest BCUT2D eigenvalue weighted by molar-refractivity contribution is 6.32. The quantitative estimate of drug-likeness (QED) is 0.914. The lowest BCUT2D eigenvalue weighted by Gasteiger charge is -2.07. The molecule has 0 fully saturated rings. The van der Waals surface area contributed by atoms with Gasteiger partial charge in [0.2, 0.25) is 5.91 Å². The third-order valence-corrected chi connectivity index (χ3v) is 2.84. The van der Waals surface area contributed by atoms with Gasteiger partial charge in [-0.15, -0.1) is 0 Å². The number of aromatic nitrogens is 2. The van der Waals surface area contributed by atoms with Gasteiger partial charge in [-0.3, -0.25) is 9.59 Å². The third-order valence-electron chi connectivity index (χ3n) is 2.56. The van der Waals surface area contributed by atoms with Crippen molar-refractivity contribution >= 4 is 23.2 Å². The summed E-state index contributed by atoms with van der Waals surface area (Å²) in [6.45, 7) is 1.44. The second-order valence-corrected chi connectivity index (χ2v) is 4.43.